The van der Waals surface area contributed by atoms with Gasteiger partial charge < -0.3 is 10.1 Å². The van der Waals surface area contributed by atoms with E-state index in [1.165, 1.54) is 23.9 Å². The van der Waals surface area contributed by atoms with Crippen LogP contribution < -0.4 is 10.1 Å². The zero-order valence-electron chi connectivity index (χ0n) is 14.9. The molecule has 0 aliphatic carbocycles. The van der Waals surface area contributed by atoms with Gasteiger partial charge in [0, 0.05) is 5.56 Å². The second-order valence-corrected chi connectivity index (χ2v) is 7.35. The number of amides is 1. The standard InChI is InChI=1S/C20H18FN3O2S/c1-12-18-19(13-4-3-5-14(21)10-13)27-11-17(25)22-20(18)24(23-12)15-6-8-16(26-2)9-7-15/h3-10,19H,11H2,1-2H3,(H,22,25)/t19-/m1/s1. The number of halogens is 1. The number of anilines is 1. The van der Waals surface area contributed by atoms with Crippen molar-refractivity contribution in [3.8, 4) is 11.4 Å². The molecule has 2 aromatic carbocycles. The Morgan fingerprint density at radius 3 is 2.74 bits per heavy atom. The molecule has 3 aromatic rings. The average Bonchev–Trinajstić information content (AvgIpc) is 2.87. The third-order valence-corrected chi connectivity index (χ3v) is 5.75. The summed E-state index contributed by atoms with van der Waals surface area (Å²) in [6.45, 7) is 1.91. The fraction of sp³-hybridized carbons (Fsp3) is 0.200. The minimum Gasteiger partial charge on any atom is -0.497 e. The van der Waals surface area contributed by atoms with E-state index in [0.717, 1.165) is 28.3 Å². The van der Waals surface area contributed by atoms with Crippen molar-refractivity contribution < 1.29 is 13.9 Å². The molecule has 27 heavy (non-hydrogen) atoms. The van der Waals surface area contributed by atoms with E-state index in [0.29, 0.717) is 5.82 Å². The molecule has 0 unspecified atom stereocenters. The molecule has 0 bridgehead atoms. The van der Waals surface area contributed by atoms with Crippen LogP contribution in [0.25, 0.3) is 5.69 Å². The van der Waals surface area contributed by atoms with E-state index in [1.807, 2.05) is 37.3 Å². The Bertz CT molecular complexity index is 1000. The van der Waals surface area contributed by atoms with Crippen molar-refractivity contribution in [2.75, 3.05) is 18.2 Å². The maximum Gasteiger partial charge on any atom is 0.235 e. The van der Waals surface area contributed by atoms with E-state index in [-0.39, 0.29) is 22.7 Å². The Balaban J connectivity index is 1.86. The van der Waals surface area contributed by atoms with Gasteiger partial charge in [-0.1, -0.05) is 12.1 Å². The van der Waals surface area contributed by atoms with Gasteiger partial charge in [0.25, 0.3) is 0 Å². The van der Waals surface area contributed by atoms with Crippen molar-refractivity contribution in [1.82, 2.24) is 9.78 Å². The van der Waals surface area contributed by atoms with Crippen molar-refractivity contribution in [3.05, 3.63) is 71.2 Å². The van der Waals surface area contributed by atoms with Crippen molar-refractivity contribution >= 4 is 23.5 Å². The number of methoxy groups -OCH3 is 1. The number of hydrogen-bond acceptors (Lipinski definition) is 4. The van der Waals surface area contributed by atoms with E-state index in [9.17, 15) is 9.18 Å². The Kier molecular flexibility index (Phi) is 4.61. The minimum atomic E-state index is -0.293. The number of rotatable bonds is 3. The van der Waals surface area contributed by atoms with Crippen molar-refractivity contribution in [2.24, 2.45) is 0 Å². The van der Waals surface area contributed by atoms with Crippen LogP contribution in [0.4, 0.5) is 10.2 Å². The highest BCUT2D eigenvalue weighted by molar-refractivity contribution is 8.00. The molecule has 1 amide bonds. The Morgan fingerprint density at radius 1 is 1.26 bits per heavy atom. The predicted octanol–water partition coefficient (Wildman–Crippen LogP) is 4.10. The number of aryl methyl sites for hydroxylation is 1. The molecule has 0 spiro atoms. The van der Waals surface area contributed by atoms with Gasteiger partial charge in [-0.05, 0) is 48.9 Å². The molecule has 0 saturated heterocycles. The number of fused-ring (bicyclic) bond motifs is 1. The monoisotopic (exact) mass is 383 g/mol. The first-order valence-electron chi connectivity index (χ1n) is 8.47. The molecule has 0 fully saturated rings. The summed E-state index contributed by atoms with van der Waals surface area (Å²) in [6, 6.07) is 14.0. The number of ether oxygens (including phenoxy) is 1. The summed E-state index contributed by atoms with van der Waals surface area (Å²) in [6.07, 6.45) is 0. The first-order chi connectivity index (χ1) is 13.1. The zero-order chi connectivity index (χ0) is 19.0. The molecule has 2 heterocycles. The zero-order valence-corrected chi connectivity index (χ0v) is 15.7. The molecular weight excluding hydrogens is 365 g/mol. The predicted molar refractivity (Wildman–Crippen MR) is 104 cm³/mol. The lowest BCUT2D eigenvalue weighted by molar-refractivity contribution is -0.113. The van der Waals surface area contributed by atoms with Gasteiger partial charge in [-0.3, -0.25) is 4.79 Å². The van der Waals surface area contributed by atoms with Gasteiger partial charge in [0.05, 0.1) is 29.5 Å². The van der Waals surface area contributed by atoms with E-state index >= 15 is 0 Å². The summed E-state index contributed by atoms with van der Waals surface area (Å²) in [5, 5.41) is 7.44. The molecule has 4 rings (SSSR count). The van der Waals surface area contributed by atoms with Crippen LogP contribution in [0, 0.1) is 12.7 Å². The highest BCUT2D eigenvalue weighted by atomic mass is 32.2. The van der Waals surface area contributed by atoms with Gasteiger partial charge in [-0.15, -0.1) is 11.8 Å². The first kappa shape index (κ1) is 17.6. The Morgan fingerprint density at radius 2 is 2.04 bits per heavy atom. The van der Waals surface area contributed by atoms with E-state index in [1.54, 1.807) is 17.9 Å². The largest absolute Gasteiger partial charge is 0.497 e. The van der Waals surface area contributed by atoms with Crippen LogP contribution in [0.1, 0.15) is 22.1 Å². The SMILES string of the molecule is COc1ccc(-n2nc(C)c3c2NC(=O)CS[C@@H]3c2cccc(F)c2)cc1. The van der Waals surface area contributed by atoms with E-state index in [4.69, 9.17) is 4.74 Å². The molecule has 1 aromatic heterocycles. The fourth-order valence-electron chi connectivity index (χ4n) is 3.23. The van der Waals surface area contributed by atoms with Crippen LogP contribution in [0.15, 0.2) is 48.5 Å². The number of aromatic nitrogens is 2. The molecule has 138 valence electrons. The summed E-state index contributed by atoms with van der Waals surface area (Å²) < 4.78 is 20.7. The molecule has 0 radical (unpaired) electrons. The smallest absolute Gasteiger partial charge is 0.235 e. The maximum atomic E-state index is 13.8. The normalized spacial score (nSPS) is 16.4. The van der Waals surface area contributed by atoms with Crippen LogP contribution in [0.5, 0.6) is 5.75 Å². The third-order valence-electron chi connectivity index (χ3n) is 4.48. The summed E-state index contributed by atoms with van der Waals surface area (Å²) in [7, 11) is 1.61. The van der Waals surface area contributed by atoms with E-state index in [2.05, 4.69) is 10.4 Å². The average molecular weight is 383 g/mol. The second-order valence-electron chi connectivity index (χ2n) is 6.25. The molecule has 1 atom stereocenters. The van der Waals surface area contributed by atoms with Crippen LogP contribution in [-0.2, 0) is 4.79 Å². The second kappa shape index (κ2) is 7.08. The molecule has 5 nitrogen and oxygen atoms in total. The van der Waals surface area contributed by atoms with Gasteiger partial charge in [0.15, 0.2) is 0 Å². The number of thioether (sulfide) groups is 1. The molecular formula is C20H18FN3O2S. The quantitative estimate of drug-likeness (QED) is 0.740. The van der Waals surface area contributed by atoms with Crippen molar-refractivity contribution in [3.63, 3.8) is 0 Å². The number of carbonyl (C=O) groups is 1. The summed E-state index contributed by atoms with van der Waals surface area (Å²) in [4.78, 5) is 12.3. The lowest BCUT2D eigenvalue weighted by Gasteiger charge is -2.15. The summed E-state index contributed by atoms with van der Waals surface area (Å²) in [5.41, 5.74) is 3.32. The topological polar surface area (TPSA) is 56.1 Å². The molecule has 0 saturated carbocycles. The number of nitrogens with one attached hydrogen (secondary N) is 1. The first-order valence-corrected chi connectivity index (χ1v) is 9.52. The van der Waals surface area contributed by atoms with Crippen LogP contribution in [0.3, 0.4) is 0 Å². The highest BCUT2D eigenvalue weighted by Gasteiger charge is 2.30. The highest BCUT2D eigenvalue weighted by Crippen LogP contribution is 2.43. The van der Waals surface area contributed by atoms with Gasteiger partial charge in [0.2, 0.25) is 5.91 Å². The fourth-order valence-corrected chi connectivity index (χ4v) is 4.40. The van der Waals surface area contributed by atoms with Gasteiger partial charge in [-0.2, -0.15) is 5.10 Å². The Hall–Kier alpha value is -2.80. The third kappa shape index (κ3) is 3.30. The number of hydrogen-bond donors (Lipinski definition) is 1. The lowest BCUT2D eigenvalue weighted by Crippen LogP contribution is -2.15. The van der Waals surface area contributed by atoms with Gasteiger partial charge in [-0.25, -0.2) is 9.07 Å². The van der Waals surface area contributed by atoms with Crippen LogP contribution >= 0.6 is 11.8 Å². The van der Waals surface area contributed by atoms with E-state index < -0.39 is 0 Å². The van der Waals surface area contributed by atoms with Crippen molar-refractivity contribution in [1.29, 1.82) is 0 Å². The summed E-state index contributed by atoms with van der Waals surface area (Å²) >= 11 is 1.47. The lowest BCUT2D eigenvalue weighted by atomic mass is 10.0. The number of nitrogens with zero attached hydrogens (tertiary/aromatic N) is 2. The summed E-state index contributed by atoms with van der Waals surface area (Å²) in [5.74, 6) is 1.26. The molecule has 1 aliphatic rings. The number of benzene rings is 2. The minimum absolute atomic E-state index is 0.102. The maximum absolute atomic E-state index is 13.8. The molecule has 1 N–H and O–H groups in total. The van der Waals surface area contributed by atoms with Crippen molar-refractivity contribution in [2.45, 2.75) is 12.2 Å². The van der Waals surface area contributed by atoms with Crippen LogP contribution in [-0.4, -0.2) is 28.6 Å². The van der Waals surface area contributed by atoms with Crippen LogP contribution in [0.2, 0.25) is 0 Å². The Labute approximate surface area is 160 Å². The van der Waals surface area contributed by atoms with Gasteiger partial charge >= 0.3 is 0 Å². The van der Waals surface area contributed by atoms with Gasteiger partial charge in [0.1, 0.15) is 17.4 Å². The molecule has 1 aliphatic heterocycles. The number of carbonyl (C=O) groups excluding carboxylic acids is 1. The molecule has 7 heteroatoms.